The molecule has 0 fully saturated rings. The molecule has 0 radical (unpaired) electrons. The number of ether oxygens (including phenoxy) is 2. The highest BCUT2D eigenvalue weighted by Crippen LogP contribution is 2.27. The van der Waals surface area contributed by atoms with E-state index in [1.54, 1.807) is 14.2 Å². The standard InChI is InChI=1S/C14H21NO2/c1-4-5-9-15-10-8-12-6-7-13(16-2)14(11-12)17-3/h6-7,9,11H,4-5,8,10H2,1-3H3. The maximum Gasteiger partial charge on any atom is 0.160 e. The summed E-state index contributed by atoms with van der Waals surface area (Å²) < 4.78 is 10.5. The lowest BCUT2D eigenvalue weighted by molar-refractivity contribution is 0.354. The fourth-order valence-corrected chi connectivity index (χ4v) is 1.54. The van der Waals surface area contributed by atoms with Crippen molar-refractivity contribution in [1.29, 1.82) is 0 Å². The summed E-state index contributed by atoms with van der Waals surface area (Å²) in [6.45, 7) is 2.98. The first kappa shape index (κ1) is 13.6. The molecule has 0 bridgehead atoms. The number of rotatable bonds is 7. The lowest BCUT2D eigenvalue weighted by atomic mass is 10.1. The molecule has 0 saturated heterocycles. The zero-order chi connectivity index (χ0) is 12.5. The molecule has 0 aliphatic carbocycles. The largest absolute Gasteiger partial charge is 0.493 e. The minimum Gasteiger partial charge on any atom is -0.493 e. The molecule has 0 N–H and O–H groups in total. The average molecular weight is 235 g/mol. The van der Waals surface area contributed by atoms with Gasteiger partial charge in [0.15, 0.2) is 11.5 Å². The third kappa shape index (κ3) is 4.47. The summed E-state index contributed by atoms with van der Waals surface area (Å²) in [5.74, 6) is 1.55. The third-order valence-electron chi connectivity index (χ3n) is 2.52. The highest BCUT2D eigenvalue weighted by Gasteiger charge is 2.03. The number of methoxy groups -OCH3 is 2. The van der Waals surface area contributed by atoms with Crippen LogP contribution in [0.4, 0.5) is 0 Å². The first-order valence-corrected chi connectivity index (χ1v) is 6.01. The Kier molecular flexibility index (Phi) is 6.15. The van der Waals surface area contributed by atoms with Crippen molar-refractivity contribution in [2.24, 2.45) is 4.99 Å². The van der Waals surface area contributed by atoms with Gasteiger partial charge in [-0.3, -0.25) is 4.99 Å². The molecular weight excluding hydrogens is 214 g/mol. The van der Waals surface area contributed by atoms with Crippen molar-refractivity contribution in [3.05, 3.63) is 23.8 Å². The molecule has 0 atom stereocenters. The summed E-state index contributed by atoms with van der Waals surface area (Å²) in [6.07, 6.45) is 5.15. The zero-order valence-electron chi connectivity index (χ0n) is 10.9. The summed E-state index contributed by atoms with van der Waals surface area (Å²) in [4.78, 5) is 4.36. The van der Waals surface area contributed by atoms with Crippen molar-refractivity contribution >= 4 is 6.21 Å². The van der Waals surface area contributed by atoms with E-state index in [4.69, 9.17) is 9.47 Å². The number of unbranched alkanes of at least 4 members (excludes halogenated alkanes) is 1. The quantitative estimate of drug-likeness (QED) is 0.680. The third-order valence-corrected chi connectivity index (χ3v) is 2.52. The summed E-state index contributed by atoms with van der Waals surface area (Å²) >= 11 is 0. The fraction of sp³-hybridized carbons (Fsp3) is 0.500. The summed E-state index contributed by atoms with van der Waals surface area (Å²) in [6, 6.07) is 5.99. The van der Waals surface area contributed by atoms with E-state index in [1.807, 2.05) is 18.3 Å². The molecule has 0 aliphatic rings. The Morgan fingerprint density at radius 2 is 1.94 bits per heavy atom. The van der Waals surface area contributed by atoms with Crippen molar-refractivity contribution in [3.8, 4) is 11.5 Å². The second-order valence-corrected chi connectivity index (χ2v) is 3.82. The molecule has 0 spiro atoms. The molecule has 0 unspecified atom stereocenters. The van der Waals surface area contributed by atoms with Gasteiger partial charge in [-0.05, 0) is 36.8 Å². The van der Waals surface area contributed by atoms with Gasteiger partial charge in [-0.15, -0.1) is 0 Å². The second kappa shape index (κ2) is 7.71. The molecule has 17 heavy (non-hydrogen) atoms. The Labute approximate surface area is 103 Å². The van der Waals surface area contributed by atoms with Crippen LogP contribution in [0, 0.1) is 0 Å². The molecule has 0 saturated carbocycles. The van der Waals surface area contributed by atoms with Crippen LogP contribution in [-0.4, -0.2) is 27.0 Å². The molecule has 1 aromatic rings. The van der Waals surface area contributed by atoms with E-state index in [1.165, 1.54) is 5.56 Å². The van der Waals surface area contributed by atoms with Gasteiger partial charge < -0.3 is 9.47 Å². The molecule has 0 heterocycles. The Morgan fingerprint density at radius 1 is 1.18 bits per heavy atom. The first-order chi connectivity index (χ1) is 8.31. The van der Waals surface area contributed by atoms with Crippen molar-refractivity contribution in [2.75, 3.05) is 20.8 Å². The predicted octanol–water partition coefficient (Wildman–Crippen LogP) is 3.12. The molecular formula is C14H21NO2. The van der Waals surface area contributed by atoms with Crippen molar-refractivity contribution < 1.29 is 9.47 Å². The molecule has 94 valence electrons. The van der Waals surface area contributed by atoms with E-state index >= 15 is 0 Å². The average Bonchev–Trinajstić information content (AvgIpc) is 2.38. The number of hydrogen-bond acceptors (Lipinski definition) is 3. The minimum atomic E-state index is 0.769. The van der Waals surface area contributed by atoms with Crippen LogP contribution in [-0.2, 0) is 6.42 Å². The van der Waals surface area contributed by atoms with Gasteiger partial charge in [0, 0.05) is 6.54 Å². The van der Waals surface area contributed by atoms with Crippen LogP contribution in [0.2, 0.25) is 0 Å². The van der Waals surface area contributed by atoms with Crippen molar-refractivity contribution in [1.82, 2.24) is 0 Å². The smallest absolute Gasteiger partial charge is 0.160 e. The highest BCUT2D eigenvalue weighted by molar-refractivity contribution is 5.56. The van der Waals surface area contributed by atoms with Crippen LogP contribution in [0.1, 0.15) is 25.3 Å². The predicted molar refractivity (Wildman–Crippen MR) is 71.5 cm³/mol. The number of nitrogens with zero attached hydrogens (tertiary/aromatic N) is 1. The van der Waals surface area contributed by atoms with Gasteiger partial charge in [-0.1, -0.05) is 19.4 Å². The van der Waals surface area contributed by atoms with Crippen LogP contribution in [0.3, 0.4) is 0 Å². The molecule has 0 amide bonds. The number of benzene rings is 1. The molecule has 0 aliphatic heterocycles. The molecule has 3 heteroatoms. The van der Waals surface area contributed by atoms with E-state index in [2.05, 4.69) is 18.0 Å². The maximum atomic E-state index is 5.26. The van der Waals surface area contributed by atoms with Crippen LogP contribution in [0.15, 0.2) is 23.2 Å². The molecule has 3 nitrogen and oxygen atoms in total. The van der Waals surface area contributed by atoms with Crippen molar-refractivity contribution in [3.63, 3.8) is 0 Å². The Morgan fingerprint density at radius 3 is 2.59 bits per heavy atom. The van der Waals surface area contributed by atoms with E-state index in [0.29, 0.717) is 0 Å². The first-order valence-electron chi connectivity index (χ1n) is 6.01. The van der Waals surface area contributed by atoms with E-state index in [0.717, 1.165) is 37.3 Å². The topological polar surface area (TPSA) is 30.8 Å². The van der Waals surface area contributed by atoms with E-state index in [9.17, 15) is 0 Å². The van der Waals surface area contributed by atoms with Crippen LogP contribution >= 0.6 is 0 Å². The summed E-state index contributed by atoms with van der Waals surface area (Å²) in [5, 5.41) is 0. The van der Waals surface area contributed by atoms with Gasteiger partial charge in [-0.25, -0.2) is 0 Å². The van der Waals surface area contributed by atoms with Gasteiger partial charge in [0.25, 0.3) is 0 Å². The monoisotopic (exact) mass is 235 g/mol. The summed E-state index contributed by atoms with van der Waals surface area (Å²) in [7, 11) is 3.30. The Balaban J connectivity index is 2.54. The minimum absolute atomic E-state index is 0.769. The molecule has 0 aromatic heterocycles. The Hall–Kier alpha value is -1.51. The van der Waals surface area contributed by atoms with Gasteiger partial charge in [0.1, 0.15) is 0 Å². The maximum absolute atomic E-state index is 5.26. The highest BCUT2D eigenvalue weighted by atomic mass is 16.5. The zero-order valence-corrected chi connectivity index (χ0v) is 10.9. The van der Waals surface area contributed by atoms with Crippen LogP contribution in [0.25, 0.3) is 0 Å². The molecule has 1 aromatic carbocycles. The SMILES string of the molecule is CCCC=NCCc1ccc(OC)c(OC)c1. The normalized spacial score (nSPS) is 10.8. The lowest BCUT2D eigenvalue weighted by Crippen LogP contribution is -1.94. The fourth-order valence-electron chi connectivity index (χ4n) is 1.54. The van der Waals surface area contributed by atoms with Gasteiger partial charge in [-0.2, -0.15) is 0 Å². The Bertz CT molecular complexity index is 361. The number of hydrogen-bond donors (Lipinski definition) is 0. The van der Waals surface area contributed by atoms with E-state index in [-0.39, 0.29) is 0 Å². The van der Waals surface area contributed by atoms with Gasteiger partial charge in [0.2, 0.25) is 0 Å². The van der Waals surface area contributed by atoms with Crippen molar-refractivity contribution in [2.45, 2.75) is 26.2 Å². The molecule has 1 rings (SSSR count). The van der Waals surface area contributed by atoms with E-state index < -0.39 is 0 Å². The van der Waals surface area contributed by atoms with Crippen LogP contribution in [0.5, 0.6) is 11.5 Å². The lowest BCUT2D eigenvalue weighted by Gasteiger charge is -2.08. The van der Waals surface area contributed by atoms with Crippen LogP contribution < -0.4 is 9.47 Å². The summed E-state index contributed by atoms with van der Waals surface area (Å²) in [5.41, 5.74) is 1.22. The number of aliphatic imine (C=N–C) groups is 1. The second-order valence-electron chi connectivity index (χ2n) is 3.82. The van der Waals surface area contributed by atoms with Gasteiger partial charge >= 0.3 is 0 Å². The van der Waals surface area contributed by atoms with Gasteiger partial charge in [0.05, 0.1) is 14.2 Å².